The van der Waals surface area contributed by atoms with Crippen molar-refractivity contribution in [3.05, 3.63) is 23.9 Å². The Balaban J connectivity index is 1.87. The Bertz CT molecular complexity index is 359. The molecule has 0 aliphatic heterocycles. The first kappa shape index (κ1) is 12.4. The summed E-state index contributed by atoms with van der Waals surface area (Å²) in [5, 5.41) is 0. The predicted octanol–water partition coefficient (Wildman–Crippen LogP) is 2.54. The lowest BCUT2D eigenvalue weighted by Crippen LogP contribution is -2.43. The molecule has 0 saturated heterocycles. The van der Waals surface area contributed by atoms with E-state index < -0.39 is 0 Å². The van der Waals surface area contributed by atoms with Crippen molar-refractivity contribution in [1.29, 1.82) is 0 Å². The maximum atomic E-state index is 5.78. The molecular weight excluding hydrogens is 212 g/mol. The van der Waals surface area contributed by atoms with Crippen molar-refractivity contribution >= 4 is 0 Å². The molecule has 2 rings (SSSR count). The van der Waals surface area contributed by atoms with E-state index >= 15 is 0 Å². The van der Waals surface area contributed by atoms with Crippen LogP contribution in [-0.2, 0) is 6.42 Å². The fourth-order valence-electron chi connectivity index (χ4n) is 2.00. The number of rotatable bonds is 5. The Morgan fingerprint density at radius 2 is 2.24 bits per heavy atom. The summed E-state index contributed by atoms with van der Waals surface area (Å²) in [6.45, 7) is 4.49. The SMILES string of the molecule is CC(C)CCc1ccnc(O[C@H]2C[C@@H](N)C2)c1. The largest absolute Gasteiger partial charge is 0.474 e. The molecule has 1 fully saturated rings. The van der Waals surface area contributed by atoms with E-state index in [9.17, 15) is 0 Å². The van der Waals surface area contributed by atoms with Gasteiger partial charge in [0.1, 0.15) is 6.10 Å². The summed E-state index contributed by atoms with van der Waals surface area (Å²) >= 11 is 0. The van der Waals surface area contributed by atoms with Gasteiger partial charge in [0.15, 0.2) is 0 Å². The van der Waals surface area contributed by atoms with Gasteiger partial charge in [0, 0.05) is 18.3 Å². The number of nitrogens with two attached hydrogens (primary N) is 1. The van der Waals surface area contributed by atoms with Crippen molar-refractivity contribution in [2.45, 2.75) is 51.7 Å². The molecule has 2 N–H and O–H groups in total. The molecule has 1 aliphatic carbocycles. The molecule has 0 atom stereocenters. The van der Waals surface area contributed by atoms with Crippen LogP contribution in [0.4, 0.5) is 0 Å². The molecule has 3 heteroatoms. The summed E-state index contributed by atoms with van der Waals surface area (Å²) in [6.07, 6.45) is 6.33. The lowest BCUT2D eigenvalue weighted by molar-refractivity contribution is 0.0957. The highest BCUT2D eigenvalue weighted by molar-refractivity contribution is 5.21. The topological polar surface area (TPSA) is 48.1 Å². The molecule has 0 radical (unpaired) electrons. The lowest BCUT2D eigenvalue weighted by atomic mass is 9.90. The molecule has 0 aromatic carbocycles. The second-order valence-corrected chi connectivity index (χ2v) is 5.41. The van der Waals surface area contributed by atoms with Gasteiger partial charge in [0.2, 0.25) is 5.88 Å². The van der Waals surface area contributed by atoms with Crippen LogP contribution in [0.3, 0.4) is 0 Å². The Hall–Kier alpha value is -1.09. The third kappa shape index (κ3) is 3.70. The van der Waals surface area contributed by atoms with Crippen molar-refractivity contribution in [3.8, 4) is 5.88 Å². The highest BCUT2D eigenvalue weighted by Gasteiger charge is 2.27. The van der Waals surface area contributed by atoms with Crippen LogP contribution in [0.15, 0.2) is 18.3 Å². The van der Waals surface area contributed by atoms with Crippen LogP contribution in [0.1, 0.15) is 38.7 Å². The van der Waals surface area contributed by atoms with Crippen molar-refractivity contribution < 1.29 is 4.74 Å². The molecule has 1 aliphatic rings. The van der Waals surface area contributed by atoms with Crippen molar-refractivity contribution in [3.63, 3.8) is 0 Å². The Labute approximate surface area is 103 Å². The third-order valence-electron chi connectivity index (χ3n) is 3.23. The average molecular weight is 234 g/mol. The number of hydrogen-bond acceptors (Lipinski definition) is 3. The zero-order valence-corrected chi connectivity index (χ0v) is 10.7. The van der Waals surface area contributed by atoms with E-state index in [4.69, 9.17) is 10.5 Å². The van der Waals surface area contributed by atoms with Crippen LogP contribution in [0.25, 0.3) is 0 Å². The van der Waals surface area contributed by atoms with Crippen LogP contribution in [0.5, 0.6) is 5.88 Å². The monoisotopic (exact) mass is 234 g/mol. The van der Waals surface area contributed by atoms with Crippen LogP contribution in [-0.4, -0.2) is 17.1 Å². The zero-order valence-electron chi connectivity index (χ0n) is 10.7. The molecule has 0 unspecified atom stereocenters. The van der Waals surface area contributed by atoms with Crippen LogP contribution in [0.2, 0.25) is 0 Å². The zero-order chi connectivity index (χ0) is 12.3. The van der Waals surface area contributed by atoms with Crippen molar-refractivity contribution in [2.75, 3.05) is 0 Å². The summed E-state index contributed by atoms with van der Waals surface area (Å²) in [5.41, 5.74) is 7.05. The highest BCUT2D eigenvalue weighted by Crippen LogP contribution is 2.24. The fourth-order valence-corrected chi connectivity index (χ4v) is 2.00. The number of aryl methyl sites for hydroxylation is 1. The second-order valence-electron chi connectivity index (χ2n) is 5.41. The maximum absolute atomic E-state index is 5.78. The number of hydrogen-bond donors (Lipinski definition) is 1. The Kier molecular flexibility index (Phi) is 4.00. The van der Waals surface area contributed by atoms with Gasteiger partial charge < -0.3 is 10.5 Å². The molecule has 1 aromatic heterocycles. The summed E-state index contributed by atoms with van der Waals surface area (Å²) in [4.78, 5) is 4.25. The van der Waals surface area contributed by atoms with Gasteiger partial charge in [0.05, 0.1) is 0 Å². The molecular formula is C14H22N2O. The van der Waals surface area contributed by atoms with Gasteiger partial charge in [-0.2, -0.15) is 0 Å². The lowest BCUT2D eigenvalue weighted by Gasteiger charge is -2.32. The van der Waals surface area contributed by atoms with Crippen LogP contribution < -0.4 is 10.5 Å². The van der Waals surface area contributed by atoms with Crippen molar-refractivity contribution in [1.82, 2.24) is 4.98 Å². The van der Waals surface area contributed by atoms with Crippen LogP contribution >= 0.6 is 0 Å². The molecule has 1 saturated carbocycles. The molecule has 0 spiro atoms. The van der Waals surface area contributed by atoms with E-state index in [1.165, 1.54) is 12.0 Å². The van der Waals surface area contributed by atoms with E-state index in [1.807, 2.05) is 6.20 Å². The van der Waals surface area contributed by atoms with Gasteiger partial charge in [-0.1, -0.05) is 13.8 Å². The van der Waals surface area contributed by atoms with Crippen molar-refractivity contribution in [2.24, 2.45) is 11.7 Å². The average Bonchev–Trinajstić information content (AvgIpc) is 2.25. The fraction of sp³-hybridized carbons (Fsp3) is 0.643. The van der Waals surface area contributed by atoms with Gasteiger partial charge in [-0.05, 0) is 43.2 Å². The highest BCUT2D eigenvalue weighted by atomic mass is 16.5. The smallest absolute Gasteiger partial charge is 0.213 e. The van der Waals surface area contributed by atoms with E-state index in [-0.39, 0.29) is 6.10 Å². The molecule has 0 bridgehead atoms. The van der Waals surface area contributed by atoms with Gasteiger partial charge in [-0.25, -0.2) is 4.98 Å². The number of pyridine rings is 1. The Morgan fingerprint density at radius 3 is 2.88 bits per heavy atom. The summed E-state index contributed by atoms with van der Waals surface area (Å²) in [6, 6.07) is 4.46. The first-order chi connectivity index (χ1) is 8.13. The molecule has 1 aromatic rings. The minimum atomic E-state index is 0.276. The van der Waals surface area contributed by atoms with Gasteiger partial charge in [0.25, 0.3) is 0 Å². The molecule has 17 heavy (non-hydrogen) atoms. The first-order valence-corrected chi connectivity index (χ1v) is 6.50. The van der Waals surface area contributed by atoms with Gasteiger partial charge in [-0.15, -0.1) is 0 Å². The van der Waals surface area contributed by atoms with E-state index in [0.29, 0.717) is 6.04 Å². The summed E-state index contributed by atoms with van der Waals surface area (Å²) < 4.78 is 5.78. The van der Waals surface area contributed by atoms with E-state index in [0.717, 1.165) is 31.1 Å². The minimum absolute atomic E-state index is 0.276. The summed E-state index contributed by atoms with van der Waals surface area (Å²) in [7, 11) is 0. The number of nitrogens with zero attached hydrogens (tertiary/aromatic N) is 1. The minimum Gasteiger partial charge on any atom is -0.474 e. The number of aromatic nitrogens is 1. The first-order valence-electron chi connectivity index (χ1n) is 6.50. The normalized spacial score (nSPS) is 23.5. The van der Waals surface area contributed by atoms with Gasteiger partial charge >= 0.3 is 0 Å². The third-order valence-corrected chi connectivity index (χ3v) is 3.23. The Morgan fingerprint density at radius 1 is 1.47 bits per heavy atom. The molecule has 0 amide bonds. The predicted molar refractivity (Wildman–Crippen MR) is 69.0 cm³/mol. The molecule has 1 heterocycles. The standard InChI is InChI=1S/C14H22N2O/c1-10(2)3-4-11-5-6-16-14(7-11)17-13-8-12(15)9-13/h5-7,10,12-13H,3-4,8-9,15H2,1-2H3/t12-,13+. The van der Waals surface area contributed by atoms with Crippen LogP contribution in [0, 0.1) is 5.92 Å². The summed E-state index contributed by atoms with van der Waals surface area (Å²) in [5.74, 6) is 1.49. The molecule has 94 valence electrons. The maximum Gasteiger partial charge on any atom is 0.213 e. The quantitative estimate of drug-likeness (QED) is 0.851. The second kappa shape index (κ2) is 5.50. The van der Waals surface area contributed by atoms with Gasteiger partial charge in [-0.3, -0.25) is 0 Å². The van der Waals surface area contributed by atoms with E-state index in [1.54, 1.807) is 0 Å². The molecule has 3 nitrogen and oxygen atoms in total. The van der Waals surface area contributed by atoms with E-state index in [2.05, 4.69) is 31.0 Å². The number of ether oxygens (including phenoxy) is 1.